The zero-order valence-corrected chi connectivity index (χ0v) is 10.9. The third kappa shape index (κ3) is 1.99. The van der Waals surface area contributed by atoms with E-state index in [-0.39, 0.29) is 6.29 Å². The van der Waals surface area contributed by atoms with Crippen LogP contribution in [0.2, 0.25) is 0 Å². The minimum atomic E-state index is -0.385. The van der Waals surface area contributed by atoms with E-state index < -0.39 is 0 Å². The number of ether oxygens (including phenoxy) is 2. The van der Waals surface area contributed by atoms with Gasteiger partial charge in [0.15, 0.2) is 11.5 Å². The standard InChI is InChI=1S/C17H16O2/c1-3-12-10-11-14-17(19-15(4-2)18-14)16(12)13-8-6-5-7-9-13/h4-11,15H,2-3H2,1H3. The second kappa shape index (κ2) is 4.81. The monoisotopic (exact) mass is 252 g/mol. The van der Waals surface area contributed by atoms with Crippen molar-refractivity contribution in [3.8, 4) is 22.6 Å². The Morgan fingerprint density at radius 2 is 1.89 bits per heavy atom. The zero-order chi connectivity index (χ0) is 13.2. The van der Waals surface area contributed by atoms with Gasteiger partial charge in [0.1, 0.15) is 0 Å². The molecule has 19 heavy (non-hydrogen) atoms. The van der Waals surface area contributed by atoms with Crippen LogP contribution in [-0.4, -0.2) is 6.29 Å². The van der Waals surface area contributed by atoms with Crippen LogP contribution in [0.3, 0.4) is 0 Å². The van der Waals surface area contributed by atoms with Gasteiger partial charge in [0.25, 0.3) is 6.29 Å². The molecule has 0 N–H and O–H groups in total. The Hall–Kier alpha value is -2.22. The summed E-state index contributed by atoms with van der Waals surface area (Å²) < 4.78 is 11.5. The highest BCUT2D eigenvalue weighted by Gasteiger charge is 2.26. The second-order valence-electron chi connectivity index (χ2n) is 4.49. The number of rotatable bonds is 3. The van der Waals surface area contributed by atoms with Crippen molar-refractivity contribution >= 4 is 0 Å². The van der Waals surface area contributed by atoms with E-state index >= 15 is 0 Å². The average molecular weight is 252 g/mol. The Kier molecular flexibility index (Phi) is 3.00. The van der Waals surface area contributed by atoms with E-state index in [1.807, 2.05) is 24.3 Å². The van der Waals surface area contributed by atoms with Crippen molar-refractivity contribution in [1.29, 1.82) is 0 Å². The van der Waals surface area contributed by atoms with Gasteiger partial charge in [-0.1, -0.05) is 49.9 Å². The van der Waals surface area contributed by atoms with Crippen LogP contribution >= 0.6 is 0 Å². The third-order valence-corrected chi connectivity index (χ3v) is 3.32. The summed E-state index contributed by atoms with van der Waals surface area (Å²) in [6, 6.07) is 14.4. The van der Waals surface area contributed by atoms with Gasteiger partial charge in [0, 0.05) is 5.56 Å². The minimum absolute atomic E-state index is 0.385. The van der Waals surface area contributed by atoms with Crippen molar-refractivity contribution in [1.82, 2.24) is 0 Å². The van der Waals surface area contributed by atoms with Crippen molar-refractivity contribution in [3.05, 3.63) is 60.7 Å². The highest BCUT2D eigenvalue weighted by Crippen LogP contribution is 2.45. The smallest absolute Gasteiger partial charge is 0.260 e. The molecule has 1 heterocycles. The molecule has 1 aliphatic rings. The van der Waals surface area contributed by atoms with Gasteiger partial charge in [-0.2, -0.15) is 0 Å². The fraction of sp³-hybridized carbons (Fsp3) is 0.176. The van der Waals surface area contributed by atoms with Crippen molar-refractivity contribution in [2.24, 2.45) is 0 Å². The maximum absolute atomic E-state index is 5.84. The van der Waals surface area contributed by atoms with Crippen LogP contribution in [0.5, 0.6) is 11.5 Å². The van der Waals surface area contributed by atoms with E-state index in [1.54, 1.807) is 6.08 Å². The SMILES string of the molecule is C=CC1Oc2ccc(CC)c(-c3ccccc3)c2O1. The van der Waals surface area contributed by atoms with Gasteiger partial charge in [-0.05, 0) is 29.7 Å². The summed E-state index contributed by atoms with van der Waals surface area (Å²) >= 11 is 0. The van der Waals surface area contributed by atoms with Crippen LogP contribution < -0.4 is 9.47 Å². The first-order valence-electron chi connectivity index (χ1n) is 6.50. The predicted molar refractivity (Wildman–Crippen MR) is 76.5 cm³/mol. The van der Waals surface area contributed by atoms with E-state index in [0.717, 1.165) is 29.0 Å². The summed E-state index contributed by atoms with van der Waals surface area (Å²) in [7, 11) is 0. The van der Waals surface area contributed by atoms with Crippen molar-refractivity contribution in [2.75, 3.05) is 0 Å². The predicted octanol–water partition coefficient (Wildman–Crippen LogP) is 4.20. The van der Waals surface area contributed by atoms with Crippen molar-refractivity contribution < 1.29 is 9.47 Å². The first-order chi connectivity index (χ1) is 9.33. The third-order valence-electron chi connectivity index (χ3n) is 3.32. The Bertz CT molecular complexity index is 602. The fourth-order valence-corrected chi connectivity index (χ4v) is 2.39. The fourth-order valence-electron chi connectivity index (χ4n) is 2.39. The molecule has 0 saturated carbocycles. The van der Waals surface area contributed by atoms with Crippen LogP contribution in [-0.2, 0) is 6.42 Å². The molecule has 0 aromatic heterocycles. The van der Waals surface area contributed by atoms with E-state index in [2.05, 4.69) is 31.7 Å². The molecule has 96 valence electrons. The molecule has 0 bridgehead atoms. The lowest BCUT2D eigenvalue weighted by molar-refractivity contribution is 0.0958. The zero-order valence-electron chi connectivity index (χ0n) is 10.9. The molecular formula is C17H16O2. The van der Waals surface area contributed by atoms with Gasteiger partial charge in [-0.25, -0.2) is 0 Å². The molecular weight excluding hydrogens is 236 g/mol. The van der Waals surface area contributed by atoms with Gasteiger partial charge >= 0.3 is 0 Å². The van der Waals surface area contributed by atoms with Gasteiger partial charge in [0.05, 0.1) is 0 Å². The Morgan fingerprint density at radius 3 is 2.58 bits per heavy atom. The van der Waals surface area contributed by atoms with Gasteiger partial charge < -0.3 is 9.47 Å². The summed E-state index contributed by atoms with van der Waals surface area (Å²) in [6.07, 6.45) is 2.24. The van der Waals surface area contributed by atoms with Crippen LogP contribution in [0.25, 0.3) is 11.1 Å². The molecule has 0 radical (unpaired) electrons. The van der Waals surface area contributed by atoms with Gasteiger partial charge in [-0.15, -0.1) is 0 Å². The minimum Gasteiger partial charge on any atom is -0.447 e. The lowest BCUT2D eigenvalue weighted by Crippen LogP contribution is -2.13. The highest BCUT2D eigenvalue weighted by atomic mass is 16.7. The first kappa shape index (κ1) is 11.8. The van der Waals surface area contributed by atoms with Crippen molar-refractivity contribution in [2.45, 2.75) is 19.6 Å². The normalized spacial score (nSPS) is 16.4. The molecule has 2 nitrogen and oxygen atoms in total. The number of aryl methyl sites for hydroxylation is 1. The molecule has 2 heteroatoms. The van der Waals surface area contributed by atoms with Crippen LogP contribution in [0, 0.1) is 0 Å². The molecule has 2 aromatic carbocycles. The van der Waals surface area contributed by atoms with Gasteiger partial charge in [0.2, 0.25) is 0 Å². The maximum Gasteiger partial charge on any atom is 0.260 e. The molecule has 2 aromatic rings. The lowest BCUT2D eigenvalue weighted by Gasteiger charge is -2.11. The van der Waals surface area contributed by atoms with E-state index in [1.165, 1.54) is 5.56 Å². The Morgan fingerprint density at radius 1 is 1.11 bits per heavy atom. The van der Waals surface area contributed by atoms with Crippen LogP contribution in [0.4, 0.5) is 0 Å². The quantitative estimate of drug-likeness (QED) is 0.762. The molecule has 0 amide bonds. The summed E-state index contributed by atoms with van der Waals surface area (Å²) in [5.41, 5.74) is 3.55. The summed E-state index contributed by atoms with van der Waals surface area (Å²) in [4.78, 5) is 0. The molecule has 0 saturated heterocycles. The molecule has 0 aliphatic carbocycles. The number of fused-ring (bicyclic) bond motifs is 1. The second-order valence-corrected chi connectivity index (χ2v) is 4.49. The van der Waals surface area contributed by atoms with E-state index in [4.69, 9.17) is 9.47 Å². The van der Waals surface area contributed by atoms with E-state index in [9.17, 15) is 0 Å². The largest absolute Gasteiger partial charge is 0.447 e. The van der Waals surface area contributed by atoms with Crippen LogP contribution in [0.1, 0.15) is 12.5 Å². The Labute approximate surface area is 113 Å². The molecule has 1 aliphatic heterocycles. The van der Waals surface area contributed by atoms with Crippen LogP contribution in [0.15, 0.2) is 55.1 Å². The first-order valence-corrected chi connectivity index (χ1v) is 6.50. The van der Waals surface area contributed by atoms with Crippen molar-refractivity contribution in [3.63, 3.8) is 0 Å². The molecule has 0 fully saturated rings. The lowest BCUT2D eigenvalue weighted by atomic mass is 9.96. The molecule has 0 spiro atoms. The highest BCUT2D eigenvalue weighted by molar-refractivity contribution is 5.77. The summed E-state index contributed by atoms with van der Waals surface area (Å²) in [5.74, 6) is 1.62. The number of hydrogen-bond donors (Lipinski definition) is 0. The average Bonchev–Trinajstić information content (AvgIpc) is 2.90. The Balaban J connectivity index is 2.18. The summed E-state index contributed by atoms with van der Waals surface area (Å²) in [5, 5.41) is 0. The summed E-state index contributed by atoms with van der Waals surface area (Å²) in [6.45, 7) is 5.87. The number of hydrogen-bond acceptors (Lipinski definition) is 2. The molecule has 1 atom stereocenters. The number of benzene rings is 2. The molecule has 1 unspecified atom stereocenters. The maximum atomic E-state index is 5.84. The molecule has 3 rings (SSSR count). The van der Waals surface area contributed by atoms with E-state index in [0.29, 0.717) is 0 Å². The topological polar surface area (TPSA) is 18.5 Å². The van der Waals surface area contributed by atoms with Gasteiger partial charge in [-0.3, -0.25) is 0 Å².